The Hall–Kier alpha value is -2.04. The van der Waals surface area contributed by atoms with Crippen molar-refractivity contribution in [1.29, 1.82) is 0 Å². The summed E-state index contributed by atoms with van der Waals surface area (Å²) in [5.41, 5.74) is 1.96. The first-order chi connectivity index (χ1) is 12.1. The summed E-state index contributed by atoms with van der Waals surface area (Å²) in [6.07, 6.45) is 4.16. The Kier molecular flexibility index (Phi) is 4.40. The Morgan fingerprint density at radius 2 is 1.68 bits per heavy atom. The van der Waals surface area contributed by atoms with Crippen LogP contribution in [0.15, 0.2) is 24.3 Å². The van der Waals surface area contributed by atoms with Gasteiger partial charge in [0, 0.05) is 37.8 Å². The number of carbonyl (C=O) groups excluding carboxylic acids is 2. The van der Waals surface area contributed by atoms with E-state index in [9.17, 15) is 9.59 Å². The van der Waals surface area contributed by atoms with E-state index in [0.29, 0.717) is 19.0 Å². The van der Waals surface area contributed by atoms with Crippen LogP contribution in [-0.4, -0.2) is 47.9 Å². The molecule has 0 bridgehead atoms. The molecule has 2 aliphatic heterocycles. The fourth-order valence-electron chi connectivity index (χ4n) is 4.45. The molecular formula is C20H27N3O2. The minimum absolute atomic E-state index is 0.0595. The van der Waals surface area contributed by atoms with Crippen LogP contribution >= 0.6 is 0 Å². The number of urea groups is 1. The predicted molar refractivity (Wildman–Crippen MR) is 97.3 cm³/mol. The fraction of sp³-hybridized carbons (Fsp3) is 0.600. The van der Waals surface area contributed by atoms with Crippen LogP contribution in [0.5, 0.6) is 0 Å². The first kappa shape index (κ1) is 16.4. The second-order valence-electron chi connectivity index (χ2n) is 7.90. The molecule has 4 rings (SSSR count). The second kappa shape index (κ2) is 6.70. The molecule has 0 spiro atoms. The van der Waals surface area contributed by atoms with Crippen LogP contribution in [0.25, 0.3) is 0 Å². The molecule has 2 atom stereocenters. The normalized spacial score (nSPS) is 26.1. The van der Waals surface area contributed by atoms with Crippen LogP contribution in [0, 0.1) is 24.7 Å². The molecular weight excluding hydrogens is 314 g/mol. The van der Waals surface area contributed by atoms with Crippen LogP contribution in [0.1, 0.15) is 31.2 Å². The summed E-state index contributed by atoms with van der Waals surface area (Å²) in [5.74, 6) is 1.96. The summed E-state index contributed by atoms with van der Waals surface area (Å²) in [7, 11) is 0. The topological polar surface area (TPSA) is 52.7 Å². The standard InChI is InChI=1S/C20H27N3O2/c1-14-3-2-4-18(11-14)21-20(25)22-9-7-15(8-10-22)19(24)23-12-16-5-6-17(16)13-23/h2-4,11,15-17H,5-10,12-13H2,1H3,(H,21,25)/t16-,17+. The minimum Gasteiger partial charge on any atom is -0.342 e. The van der Waals surface area contributed by atoms with Crippen molar-refractivity contribution in [2.24, 2.45) is 17.8 Å². The van der Waals surface area contributed by atoms with Crippen LogP contribution in [0.3, 0.4) is 0 Å². The molecule has 3 fully saturated rings. The lowest BCUT2D eigenvalue weighted by Crippen LogP contribution is -2.45. The highest BCUT2D eigenvalue weighted by Crippen LogP contribution is 2.41. The number of nitrogens with zero attached hydrogens (tertiary/aromatic N) is 2. The van der Waals surface area contributed by atoms with E-state index >= 15 is 0 Å². The molecule has 3 aliphatic rings. The van der Waals surface area contributed by atoms with Crippen molar-refractivity contribution in [3.63, 3.8) is 0 Å². The Morgan fingerprint density at radius 3 is 2.28 bits per heavy atom. The van der Waals surface area contributed by atoms with Crippen molar-refractivity contribution >= 4 is 17.6 Å². The lowest BCUT2D eigenvalue weighted by Gasteiger charge is -2.33. The number of anilines is 1. The average molecular weight is 341 g/mol. The highest BCUT2D eigenvalue weighted by atomic mass is 16.2. The molecule has 2 saturated heterocycles. The van der Waals surface area contributed by atoms with Gasteiger partial charge in [-0.05, 0) is 62.1 Å². The smallest absolute Gasteiger partial charge is 0.321 e. The second-order valence-corrected chi connectivity index (χ2v) is 7.90. The van der Waals surface area contributed by atoms with Gasteiger partial charge in [-0.1, -0.05) is 12.1 Å². The van der Waals surface area contributed by atoms with E-state index in [1.165, 1.54) is 12.8 Å². The van der Waals surface area contributed by atoms with E-state index in [4.69, 9.17) is 0 Å². The number of nitrogens with one attached hydrogen (secondary N) is 1. The Balaban J connectivity index is 1.27. The first-order valence-corrected chi connectivity index (χ1v) is 9.51. The molecule has 1 aromatic carbocycles. The zero-order valence-corrected chi connectivity index (χ0v) is 14.9. The van der Waals surface area contributed by atoms with Gasteiger partial charge in [0.25, 0.3) is 0 Å². The van der Waals surface area contributed by atoms with E-state index in [1.807, 2.05) is 36.1 Å². The number of hydrogen-bond donors (Lipinski definition) is 1. The maximum absolute atomic E-state index is 12.7. The third-order valence-corrected chi connectivity index (χ3v) is 6.20. The van der Waals surface area contributed by atoms with Gasteiger partial charge in [0.1, 0.15) is 0 Å². The summed E-state index contributed by atoms with van der Waals surface area (Å²) in [6, 6.07) is 7.77. The number of hydrogen-bond acceptors (Lipinski definition) is 2. The summed E-state index contributed by atoms with van der Waals surface area (Å²) >= 11 is 0. The Bertz CT molecular complexity index is 655. The van der Waals surface area contributed by atoms with E-state index in [0.717, 1.165) is 49.0 Å². The highest BCUT2D eigenvalue weighted by molar-refractivity contribution is 5.89. The van der Waals surface area contributed by atoms with E-state index in [1.54, 1.807) is 0 Å². The highest BCUT2D eigenvalue weighted by Gasteiger charge is 2.42. The Morgan fingerprint density at radius 1 is 1.00 bits per heavy atom. The van der Waals surface area contributed by atoms with E-state index < -0.39 is 0 Å². The number of likely N-dealkylation sites (tertiary alicyclic amines) is 2. The van der Waals surface area contributed by atoms with Gasteiger partial charge in [0.15, 0.2) is 0 Å². The Labute approximate surface area is 149 Å². The zero-order valence-electron chi connectivity index (χ0n) is 14.9. The maximum atomic E-state index is 12.7. The molecule has 5 nitrogen and oxygen atoms in total. The lowest BCUT2D eigenvalue weighted by atomic mass is 9.77. The van der Waals surface area contributed by atoms with E-state index in [2.05, 4.69) is 10.2 Å². The summed E-state index contributed by atoms with van der Waals surface area (Å²) in [6.45, 7) is 5.27. The average Bonchev–Trinajstić information content (AvgIpc) is 2.89. The van der Waals surface area contributed by atoms with Crippen molar-refractivity contribution in [3.05, 3.63) is 29.8 Å². The third-order valence-electron chi connectivity index (χ3n) is 6.20. The van der Waals surface area contributed by atoms with Crippen LogP contribution < -0.4 is 5.32 Å². The largest absolute Gasteiger partial charge is 0.342 e. The van der Waals surface area contributed by atoms with Gasteiger partial charge in [-0.3, -0.25) is 4.79 Å². The lowest BCUT2D eigenvalue weighted by molar-refractivity contribution is -0.135. The van der Waals surface area contributed by atoms with Crippen LogP contribution in [0.4, 0.5) is 10.5 Å². The number of fused-ring (bicyclic) bond motifs is 1. The fourth-order valence-corrected chi connectivity index (χ4v) is 4.45. The first-order valence-electron chi connectivity index (χ1n) is 9.51. The molecule has 1 saturated carbocycles. The number of aryl methyl sites for hydroxylation is 1. The zero-order chi connectivity index (χ0) is 17.4. The molecule has 1 aromatic rings. The summed E-state index contributed by atoms with van der Waals surface area (Å²) in [5, 5.41) is 2.96. The van der Waals surface area contributed by atoms with Crippen molar-refractivity contribution in [3.8, 4) is 0 Å². The molecule has 0 radical (unpaired) electrons. The van der Waals surface area contributed by atoms with Crippen LogP contribution in [-0.2, 0) is 4.79 Å². The van der Waals surface area contributed by atoms with Gasteiger partial charge >= 0.3 is 6.03 Å². The molecule has 2 heterocycles. The monoisotopic (exact) mass is 341 g/mol. The van der Waals surface area contributed by atoms with Gasteiger partial charge in [-0.15, -0.1) is 0 Å². The van der Waals surface area contributed by atoms with Crippen molar-refractivity contribution < 1.29 is 9.59 Å². The van der Waals surface area contributed by atoms with Gasteiger partial charge in [0.05, 0.1) is 0 Å². The molecule has 3 amide bonds. The predicted octanol–water partition coefficient (Wildman–Crippen LogP) is 3.11. The number of carbonyl (C=O) groups is 2. The SMILES string of the molecule is Cc1cccc(NC(=O)N2CCC(C(=O)N3C[C@H]4CC[C@H]4C3)CC2)c1. The number of rotatable bonds is 2. The van der Waals surface area contributed by atoms with Crippen molar-refractivity contribution in [2.75, 3.05) is 31.5 Å². The number of piperidine rings is 1. The quantitative estimate of drug-likeness (QED) is 0.899. The molecule has 0 unspecified atom stereocenters. The number of benzene rings is 1. The summed E-state index contributed by atoms with van der Waals surface area (Å²) < 4.78 is 0. The maximum Gasteiger partial charge on any atom is 0.321 e. The number of amides is 3. The van der Waals surface area contributed by atoms with Gasteiger partial charge in [0.2, 0.25) is 5.91 Å². The van der Waals surface area contributed by atoms with E-state index in [-0.39, 0.29) is 11.9 Å². The molecule has 25 heavy (non-hydrogen) atoms. The minimum atomic E-state index is -0.0595. The van der Waals surface area contributed by atoms with Gasteiger partial charge < -0.3 is 15.1 Å². The van der Waals surface area contributed by atoms with Gasteiger partial charge in [-0.2, -0.15) is 0 Å². The van der Waals surface area contributed by atoms with Crippen molar-refractivity contribution in [1.82, 2.24) is 9.80 Å². The molecule has 134 valence electrons. The van der Waals surface area contributed by atoms with Crippen molar-refractivity contribution in [2.45, 2.75) is 32.6 Å². The molecule has 0 aromatic heterocycles. The summed E-state index contributed by atoms with van der Waals surface area (Å²) in [4.78, 5) is 29.1. The third kappa shape index (κ3) is 3.37. The molecule has 5 heteroatoms. The van der Waals surface area contributed by atoms with Crippen LogP contribution in [0.2, 0.25) is 0 Å². The molecule has 1 aliphatic carbocycles. The van der Waals surface area contributed by atoms with Gasteiger partial charge in [-0.25, -0.2) is 4.79 Å². The molecule has 1 N–H and O–H groups in total.